The molecular formula is C19H18ClF6N5O. The summed E-state index contributed by atoms with van der Waals surface area (Å²) in [5.74, 6) is -0.894. The molecule has 0 spiro atoms. The lowest BCUT2D eigenvalue weighted by Crippen LogP contribution is -2.27. The molecule has 2 N–H and O–H groups in total. The van der Waals surface area contributed by atoms with Gasteiger partial charge in [0.05, 0.1) is 16.3 Å². The minimum atomic E-state index is -4.75. The Hall–Kier alpha value is -2.76. The van der Waals surface area contributed by atoms with Gasteiger partial charge in [0.2, 0.25) is 11.9 Å². The number of aromatic nitrogens is 2. The van der Waals surface area contributed by atoms with Crippen LogP contribution >= 0.6 is 11.6 Å². The number of alkyl halides is 6. The number of carbonyl (C=O) groups is 1. The predicted octanol–water partition coefficient (Wildman–Crippen LogP) is 5.34. The van der Waals surface area contributed by atoms with E-state index in [1.54, 1.807) is 4.90 Å². The molecule has 0 aliphatic carbocycles. The lowest BCUT2D eigenvalue weighted by Gasteiger charge is -2.17. The molecule has 6 nitrogen and oxygen atoms in total. The molecule has 1 amide bonds. The van der Waals surface area contributed by atoms with Gasteiger partial charge in [-0.2, -0.15) is 31.3 Å². The number of hydrogen-bond donors (Lipinski definition) is 2. The lowest BCUT2D eigenvalue weighted by atomic mass is 10.2. The van der Waals surface area contributed by atoms with E-state index in [-0.39, 0.29) is 29.1 Å². The fourth-order valence-electron chi connectivity index (χ4n) is 3.12. The number of likely N-dealkylation sites (tertiary alicyclic amines) is 1. The maximum Gasteiger partial charge on any atom is 0.421 e. The van der Waals surface area contributed by atoms with Crippen molar-refractivity contribution in [3.8, 4) is 0 Å². The highest BCUT2D eigenvalue weighted by Crippen LogP contribution is 2.36. The van der Waals surface area contributed by atoms with Crippen LogP contribution in [0.2, 0.25) is 5.02 Å². The van der Waals surface area contributed by atoms with Crippen molar-refractivity contribution < 1.29 is 31.1 Å². The molecule has 0 saturated carbocycles. The Labute approximate surface area is 184 Å². The normalized spacial score (nSPS) is 14.7. The molecule has 1 aromatic carbocycles. The third-order valence-electron chi connectivity index (χ3n) is 4.70. The lowest BCUT2D eigenvalue weighted by molar-refractivity contribution is -0.138. The highest BCUT2D eigenvalue weighted by atomic mass is 35.5. The first-order chi connectivity index (χ1) is 14.9. The van der Waals surface area contributed by atoms with E-state index in [2.05, 4.69) is 20.6 Å². The smallest absolute Gasteiger partial charge is 0.369 e. The van der Waals surface area contributed by atoms with Gasteiger partial charge in [-0.25, -0.2) is 4.98 Å². The maximum absolute atomic E-state index is 13.3. The van der Waals surface area contributed by atoms with Gasteiger partial charge in [-0.1, -0.05) is 11.6 Å². The largest absolute Gasteiger partial charge is 0.421 e. The zero-order valence-electron chi connectivity index (χ0n) is 16.4. The number of nitrogens with zero attached hydrogens (tertiary/aromatic N) is 3. The van der Waals surface area contributed by atoms with Crippen molar-refractivity contribution in [3.05, 3.63) is 40.5 Å². The SMILES string of the molecule is O=C1CCCN1CCCNc1nc(Nc2cc(C(F)(F)F)ccc2Cl)ncc1C(F)(F)F. The van der Waals surface area contributed by atoms with E-state index in [4.69, 9.17) is 11.6 Å². The molecule has 0 unspecified atom stereocenters. The van der Waals surface area contributed by atoms with Gasteiger partial charge in [0.1, 0.15) is 11.4 Å². The first kappa shape index (κ1) is 23.9. The number of benzene rings is 1. The average Bonchev–Trinajstić information content (AvgIpc) is 3.10. The van der Waals surface area contributed by atoms with E-state index in [0.29, 0.717) is 38.2 Å². The van der Waals surface area contributed by atoms with E-state index in [1.807, 2.05) is 0 Å². The molecule has 2 aromatic rings. The fraction of sp³-hybridized carbons (Fsp3) is 0.421. The minimum Gasteiger partial charge on any atom is -0.369 e. The number of amides is 1. The summed E-state index contributed by atoms with van der Waals surface area (Å²) >= 11 is 5.90. The third-order valence-corrected chi connectivity index (χ3v) is 5.03. The van der Waals surface area contributed by atoms with Crippen molar-refractivity contribution in [1.29, 1.82) is 0 Å². The molecule has 32 heavy (non-hydrogen) atoms. The Bertz CT molecular complexity index is 982. The Morgan fingerprint density at radius 3 is 2.50 bits per heavy atom. The van der Waals surface area contributed by atoms with Crippen LogP contribution in [-0.2, 0) is 17.1 Å². The number of rotatable bonds is 7. The summed E-state index contributed by atoms with van der Waals surface area (Å²) in [5, 5.41) is 4.91. The monoisotopic (exact) mass is 481 g/mol. The summed E-state index contributed by atoms with van der Waals surface area (Å²) in [6.07, 6.45) is -7.25. The molecule has 3 rings (SSSR count). The standard InChI is InChI=1S/C19H18ClF6N5O/c20-13-5-4-11(18(21,22)23)9-14(13)29-17-28-10-12(19(24,25)26)16(30-17)27-6-2-8-31-7-1-3-15(31)32/h4-5,9-10H,1-3,6-8H2,(H2,27,28,29,30). The zero-order valence-corrected chi connectivity index (χ0v) is 17.2. The van der Waals surface area contributed by atoms with E-state index < -0.39 is 29.3 Å². The molecule has 174 valence electrons. The molecular weight excluding hydrogens is 464 g/mol. The topological polar surface area (TPSA) is 70.2 Å². The maximum atomic E-state index is 13.3. The molecule has 1 aliphatic rings. The van der Waals surface area contributed by atoms with Gasteiger partial charge in [0.15, 0.2) is 0 Å². The average molecular weight is 482 g/mol. The molecule has 13 heteroatoms. The highest BCUT2D eigenvalue weighted by Gasteiger charge is 2.35. The Kier molecular flexibility index (Phi) is 7.01. The summed E-state index contributed by atoms with van der Waals surface area (Å²) in [4.78, 5) is 20.6. The molecule has 1 aliphatic heterocycles. The van der Waals surface area contributed by atoms with Gasteiger partial charge in [-0.3, -0.25) is 4.79 Å². The van der Waals surface area contributed by atoms with Crippen molar-refractivity contribution in [2.75, 3.05) is 30.3 Å². The van der Waals surface area contributed by atoms with Gasteiger partial charge in [-0.05, 0) is 31.0 Å². The van der Waals surface area contributed by atoms with Crippen LogP contribution in [0.4, 0.5) is 43.8 Å². The second-order valence-corrected chi connectivity index (χ2v) is 7.44. The zero-order chi connectivity index (χ0) is 23.5. The number of anilines is 3. The van der Waals surface area contributed by atoms with Crippen LogP contribution in [0.1, 0.15) is 30.4 Å². The molecule has 1 aromatic heterocycles. The molecule has 0 atom stereocenters. The van der Waals surface area contributed by atoms with E-state index in [0.717, 1.165) is 18.6 Å². The first-order valence-corrected chi connectivity index (χ1v) is 9.92. The molecule has 2 heterocycles. The summed E-state index contributed by atoms with van der Waals surface area (Å²) in [7, 11) is 0. The third kappa shape index (κ3) is 5.93. The summed E-state index contributed by atoms with van der Waals surface area (Å²) in [6.45, 7) is 1.10. The van der Waals surface area contributed by atoms with E-state index in [1.165, 1.54) is 0 Å². The van der Waals surface area contributed by atoms with Crippen LogP contribution in [0.15, 0.2) is 24.4 Å². The van der Waals surface area contributed by atoms with Crippen molar-refractivity contribution >= 4 is 35.0 Å². The van der Waals surface area contributed by atoms with Crippen molar-refractivity contribution in [3.63, 3.8) is 0 Å². The fourth-order valence-corrected chi connectivity index (χ4v) is 3.28. The van der Waals surface area contributed by atoms with Gasteiger partial charge in [0.25, 0.3) is 0 Å². The molecule has 0 bridgehead atoms. The quantitative estimate of drug-likeness (QED) is 0.413. The van der Waals surface area contributed by atoms with Gasteiger partial charge in [-0.15, -0.1) is 0 Å². The van der Waals surface area contributed by atoms with E-state index >= 15 is 0 Å². The Morgan fingerprint density at radius 1 is 1.12 bits per heavy atom. The van der Waals surface area contributed by atoms with Crippen LogP contribution in [-0.4, -0.2) is 40.4 Å². The van der Waals surface area contributed by atoms with Gasteiger partial charge >= 0.3 is 12.4 Å². The van der Waals surface area contributed by atoms with E-state index in [9.17, 15) is 31.1 Å². The number of halogens is 7. The van der Waals surface area contributed by atoms with Crippen molar-refractivity contribution in [2.45, 2.75) is 31.6 Å². The first-order valence-electron chi connectivity index (χ1n) is 9.55. The van der Waals surface area contributed by atoms with Crippen molar-refractivity contribution in [2.24, 2.45) is 0 Å². The van der Waals surface area contributed by atoms with Gasteiger partial charge in [0, 0.05) is 32.3 Å². The van der Waals surface area contributed by atoms with Crippen LogP contribution in [0.25, 0.3) is 0 Å². The van der Waals surface area contributed by atoms with Crippen LogP contribution in [0.3, 0.4) is 0 Å². The van der Waals surface area contributed by atoms with Gasteiger partial charge < -0.3 is 15.5 Å². The molecule has 0 radical (unpaired) electrons. The summed E-state index contributed by atoms with van der Waals surface area (Å²) in [5.41, 5.74) is -2.33. The summed E-state index contributed by atoms with van der Waals surface area (Å²) < 4.78 is 78.8. The Morgan fingerprint density at radius 2 is 1.88 bits per heavy atom. The second kappa shape index (κ2) is 9.39. The number of hydrogen-bond acceptors (Lipinski definition) is 5. The summed E-state index contributed by atoms with van der Waals surface area (Å²) in [6, 6.07) is 2.50. The van der Waals surface area contributed by atoms with Crippen LogP contribution in [0.5, 0.6) is 0 Å². The van der Waals surface area contributed by atoms with Crippen LogP contribution in [0, 0.1) is 0 Å². The highest BCUT2D eigenvalue weighted by molar-refractivity contribution is 6.33. The molecule has 1 saturated heterocycles. The number of carbonyl (C=O) groups excluding carboxylic acids is 1. The second-order valence-electron chi connectivity index (χ2n) is 7.04. The molecule has 1 fully saturated rings. The van der Waals surface area contributed by atoms with Crippen LogP contribution < -0.4 is 10.6 Å². The van der Waals surface area contributed by atoms with Crippen molar-refractivity contribution in [1.82, 2.24) is 14.9 Å². The Balaban J connectivity index is 1.76. The predicted molar refractivity (Wildman–Crippen MR) is 106 cm³/mol. The number of nitrogens with one attached hydrogen (secondary N) is 2. The minimum absolute atomic E-state index is 0.00692.